The molecule has 0 bridgehead atoms. The number of amides is 1. The first kappa shape index (κ1) is 16.7. The van der Waals surface area contributed by atoms with Gasteiger partial charge in [-0.3, -0.25) is 9.69 Å². The minimum Gasteiger partial charge on any atom is -0.336 e. The van der Waals surface area contributed by atoms with Crippen LogP contribution in [0.25, 0.3) is 0 Å². The fraction of sp³-hybridized carbons (Fsp3) is 0.929. The summed E-state index contributed by atoms with van der Waals surface area (Å²) in [6.07, 6.45) is 5.77. The molecule has 0 saturated carbocycles. The Morgan fingerprint density at radius 3 is 2.37 bits per heavy atom. The molecule has 2 rings (SSSR count). The van der Waals surface area contributed by atoms with Crippen molar-refractivity contribution < 1.29 is 4.79 Å². The molecule has 19 heavy (non-hydrogen) atoms. The van der Waals surface area contributed by atoms with Gasteiger partial charge in [-0.1, -0.05) is 0 Å². The van der Waals surface area contributed by atoms with Crippen molar-refractivity contribution in [2.45, 2.75) is 64.1 Å². The van der Waals surface area contributed by atoms with Gasteiger partial charge in [-0.2, -0.15) is 0 Å². The number of carbonyl (C=O) groups is 1. The first-order chi connectivity index (χ1) is 8.58. The van der Waals surface area contributed by atoms with E-state index in [1.165, 1.54) is 6.42 Å². The van der Waals surface area contributed by atoms with E-state index in [9.17, 15) is 4.79 Å². The third-order valence-electron chi connectivity index (χ3n) is 4.38. The van der Waals surface area contributed by atoms with Gasteiger partial charge in [0.2, 0.25) is 5.91 Å². The van der Waals surface area contributed by atoms with Crippen molar-refractivity contribution in [1.82, 2.24) is 9.80 Å². The largest absolute Gasteiger partial charge is 0.336 e. The van der Waals surface area contributed by atoms with Crippen molar-refractivity contribution in [2.75, 3.05) is 19.6 Å². The number of rotatable bonds is 2. The predicted octanol–water partition coefficient (Wildman–Crippen LogP) is 1.62. The number of nitrogens with zero attached hydrogens (tertiary/aromatic N) is 2. The Morgan fingerprint density at radius 2 is 1.79 bits per heavy atom. The summed E-state index contributed by atoms with van der Waals surface area (Å²) in [7, 11) is 0. The van der Waals surface area contributed by atoms with Gasteiger partial charge in [-0.25, -0.2) is 0 Å². The normalized spacial score (nSPS) is 32.8. The molecule has 3 unspecified atom stereocenters. The van der Waals surface area contributed by atoms with E-state index in [0.29, 0.717) is 24.5 Å². The average molecular weight is 290 g/mol. The van der Waals surface area contributed by atoms with Gasteiger partial charge < -0.3 is 10.6 Å². The SMILES string of the molecule is CC1CCCC(C)N1C(=O)CN1CCCC(N)C1.Cl. The lowest BCUT2D eigenvalue weighted by Crippen LogP contribution is -2.53. The van der Waals surface area contributed by atoms with Crippen molar-refractivity contribution in [1.29, 1.82) is 0 Å². The molecule has 1 amide bonds. The number of piperidine rings is 2. The molecular weight excluding hydrogens is 262 g/mol. The molecule has 4 nitrogen and oxygen atoms in total. The maximum Gasteiger partial charge on any atom is 0.237 e. The fourth-order valence-corrected chi connectivity index (χ4v) is 3.42. The third-order valence-corrected chi connectivity index (χ3v) is 4.38. The van der Waals surface area contributed by atoms with E-state index in [0.717, 1.165) is 38.8 Å². The molecule has 0 radical (unpaired) electrons. The number of hydrogen-bond acceptors (Lipinski definition) is 3. The molecule has 5 heteroatoms. The van der Waals surface area contributed by atoms with Gasteiger partial charge in [-0.15, -0.1) is 12.4 Å². The Bertz CT molecular complexity index is 290. The molecule has 0 spiro atoms. The van der Waals surface area contributed by atoms with Crippen LogP contribution in [0.2, 0.25) is 0 Å². The zero-order valence-corrected chi connectivity index (χ0v) is 13.0. The third kappa shape index (κ3) is 4.33. The second-order valence-corrected chi connectivity index (χ2v) is 6.07. The van der Waals surface area contributed by atoms with Gasteiger partial charge in [0.15, 0.2) is 0 Å². The highest BCUT2D eigenvalue weighted by Gasteiger charge is 2.30. The van der Waals surface area contributed by atoms with Gasteiger partial charge in [0.1, 0.15) is 0 Å². The van der Waals surface area contributed by atoms with Crippen molar-refractivity contribution >= 4 is 18.3 Å². The van der Waals surface area contributed by atoms with Crippen LogP contribution in [0.3, 0.4) is 0 Å². The molecule has 2 aliphatic heterocycles. The summed E-state index contributed by atoms with van der Waals surface area (Å²) < 4.78 is 0. The minimum absolute atomic E-state index is 0. The Morgan fingerprint density at radius 1 is 1.16 bits per heavy atom. The Kier molecular flexibility index (Phi) is 6.57. The zero-order valence-electron chi connectivity index (χ0n) is 12.2. The summed E-state index contributed by atoms with van der Waals surface area (Å²) in [5.41, 5.74) is 5.97. The van der Waals surface area contributed by atoms with Crippen molar-refractivity contribution in [2.24, 2.45) is 5.73 Å². The van der Waals surface area contributed by atoms with Crippen LogP contribution in [0.15, 0.2) is 0 Å². The molecule has 2 aliphatic rings. The van der Waals surface area contributed by atoms with E-state index >= 15 is 0 Å². The van der Waals surface area contributed by atoms with Crippen molar-refractivity contribution in [3.05, 3.63) is 0 Å². The second kappa shape index (κ2) is 7.46. The lowest BCUT2D eigenvalue weighted by atomic mass is 9.97. The first-order valence-electron chi connectivity index (χ1n) is 7.37. The van der Waals surface area contributed by atoms with Crippen LogP contribution < -0.4 is 5.73 Å². The van der Waals surface area contributed by atoms with E-state index in [1.807, 2.05) is 0 Å². The molecule has 0 aromatic heterocycles. The van der Waals surface area contributed by atoms with Gasteiger partial charge in [-0.05, 0) is 52.5 Å². The summed E-state index contributed by atoms with van der Waals surface area (Å²) in [5, 5.41) is 0. The maximum atomic E-state index is 12.4. The van der Waals surface area contributed by atoms with Crippen LogP contribution in [-0.2, 0) is 4.79 Å². The molecule has 112 valence electrons. The van der Waals surface area contributed by atoms with E-state index in [4.69, 9.17) is 5.73 Å². The summed E-state index contributed by atoms with van der Waals surface area (Å²) in [6, 6.07) is 1.06. The molecule has 3 atom stereocenters. The van der Waals surface area contributed by atoms with Crippen molar-refractivity contribution in [3.63, 3.8) is 0 Å². The summed E-state index contributed by atoms with van der Waals surface area (Å²) in [6.45, 7) is 6.81. The highest BCUT2D eigenvalue weighted by molar-refractivity contribution is 5.85. The van der Waals surface area contributed by atoms with E-state index < -0.39 is 0 Å². The highest BCUT2D eigenvalue weighted by atomic mass is 35.5. The molecule has 2 saturated heterocycles. The number of carbonyl (C=O) groups excluding carboxylic acids is 1. The Balaban J connectivity index is 0.00000180. The summed E-state index contributed by atoms with van der Waals surface area (Å²) in [5.74, 6) is 0.295. The van der Waals surface area contributed by atoms with Gasteiger partial charge in [0.05, 0.1) is 6.54 Å². The number of halogens is 1. The molecule has 0 aromatic rings. The van der Waals surface area contributed by atoms with Gasteiger partial charge in [0, 0.05) is 24.7 Å². The average Bonchev–Trinajstić information content (AvgIpc) is 2.28. The monoisotopic (exact) mass is 289 g/mol. The van der Waals surface area contributed by atoms with Crippen LogP contribution in [0.1, 0.15) is 46.0 Å². The smallest absolute Gasteiger partial charge is 0.237 e. The lowest BCUT2D eigenvalue weighted by molar-refractivity contribution is -0.138. The van der Waals surface area contributed by atoms with Crippen molar-refractivity contribution in [3.8, 4) is 0 Å². The van der Waals surface area contributed by atoms with Crippen LogP contribution in [0, 0.1) is 0 Å². The van der Waals surface area contributed by atoms with E-state index in [1.54, 1.807) is 0 Å². The highest BCUT2D eigenvalue weighted by Crippen LogP contribution is 2.23. The summed E-state index contributed by atoms with van der Waals surface area (Å²) in [4.78, 5) is 16.8. The van der Waals surface area contributed by atoms with E-state index in [2.05, 4.69) is 23.6 Å². The standard InChI is InChI=1S/C14H27N3O.ClH/c1-11-5-3-6-12(2)17(11)14(18)10-16-8-4-7-13(15)9-16;/h11-13H,3-10,15H2,1-2H3;1H. The van der Waals surface area contributed by atoms with Gasteiger partial charge in [0.25, 0.3) is 0 Å². The maximum absolute atomic E-state index is 12.4. The molecule has 2 fully saturated rings. The summed E-state index contributed by atoms with van der Waals surface area (Å²) >= 11 is 0. The molecule has 0 aliphatic carbocycles. The number of hydrogen-bond donors (Lipinski definition) is 1. The quantitative estimate of drug-likeness (QED) is 0.840. The second-order valence-electron chi connectivity index (χ2n) is 6.07. The molecular formula is C14H28ClN3O. The number of likely N-dealkylation sites (tertiary alicyclic amines) is 2. The van der Waals surface area contributed by atoms with Gasteiger partial charge >= 0.3 is 0 Å². The van der Waals surface area contributed by atoms with Crippen LogP contribution >= 0.6 is 12.4 Å². The zero-order chi connectivity index (χ0) is 13.1. The van der Waals surface area contributed by atoms with Crippen LogP contribution in [0.4, 0.5) is 0 Å². The molecule has 2 heterocycles. The molecule has 0 aromatic carbocycles. The molecule has 2 N–H and O–H groups in total. The first-order valence-corrected chi connectivity index (χ1v) is 7.37. The Hall–Kier alpha value is -0.320. The fourth-order valence-electron chi connectivity index (χ4n) is 3.42. The van der Waals surface area contributed by atoms with Crippen LogP contribution in [0.5, 0.6) is 0 Å². The topological polar surface area (TPSA) is 49.6 Å². The minimum atomic E-state index is 0. The Labute approximate surface area is 123 Å². The van der Waals surface area contributed by atoms with E-state index in [-0.39, 0.29) is 18.4 Å². The number of nitrogens with two attached hydrogens (primary N) is 1. The van der Waals surface area contributed by atoms with Crippen LogP contribution in [-0.4, -0.2) is 53.5 Å². The predicted molar refractivity (Wildman–Crippen MR) is 80.5 cm³/mol. The lowest BCUT2D eigenvalue weighted by Gasteiger charge is -2.41.